The summed E-state index contributed by atoms with van der Waals surface area (Å²) in [5.74, 6) is 1.92. The second kappa shape index (κ2) is 20.5. The van der Waals surface area contributed by atoms with Crippen molar-refractivity contribution in [3.05, 3.63) is 47.5 Å². The molecule has 4 aromatic heterocycles. The number of amides is 2. The largest absolute Gasteiger partial charge is 0.463 e. The van der Waals surface area contributed by atoms with Gasteiger partial charge in [0, 0.05) is 77.8 Å². The molecule has 332 valence electrons. The van der Waals surface area contributed by atoms with Crippen LogP contribution in [0.4, 0.5) is 50.7 Å². The lowest BCUT2D eigenvalue weighted by atomic mass is 10.2. The first-order valence-corrected chi connectivity index (χ1v) is 21.3. The first kappa shape index (κ1) is 43.7. The molecule has 0 atom stereocenters. The van der Waals surface area contributed by atoms with Crippen molar-refractivity contribution in [2.24, 2.45) is 0 Å². The van der Waals surface area contributed by atoms with E-state index in [1.54, 1.807) is 11.1 Å². The van der Waals surface area contributed by atoms with Crippen molar-refractivity contribution >= 4 is 58.1 Å². The van der Waals surface area contributed by atoms with Gasteiger partial charge in [-0.25, -0.2) is 14.4 Å². The van der Waals surface area contributed by atoms with Crippen molar-refractivity contribution in [1.29, 1.82) is 0 Å². The number of likely N-dealkylation sites (N-methyl/N-ethyl adjacent to an activating group) is 1. The number of nitrogens with zero attached hydrogens (tertiary/aromatic N) is 11. The van der Waals surface area contributed by atoms with E-state index in [2.05, 4.69) is 69.5 Å². The van der Waals surface area contributed by atoms with E-state index in [0.29, 0.717) is 54.2 Å². The minimum absolute atomic E-state index is 0.0552. The highest BCUT2D eigenvalue weighted by Crippen LogP contribution is 2.36. The zero-order valence-corrected chi connectivity index (χ0v) is 35.7. The van der Waals surface area contributed by atoms with Crippen LogP contribution in [-0.4, -0.2) is 132 Å². The number of rotatable bonds is 14. The molecule has 21 heteroatoms. The van der Waals surface area contributed by atoms with Crippen LogP contribution in [0.5, 0.6) is 12.0 Å². The van der Waals surface area contributed by atoms with E-state index in [1.807, 2.05) is 35.2 Å². The molecule has 2 fully saturated rings. The Bertz CT molecular complexity index is 2170. The van der Waals surface area contributed by atoms with Crippen LogP contribution in [0, 0.1) is 5.82 Å². The number of carbonyl (C=O) groups is 2. The molecule has 0 aliphatic carbocycles. The SMILES string of the molecule is CCCCOc1nc(N)c2c(n1)N(Cc1ccc(N3CCNCC3)nc1)CC(=O)N2.CCCCOc1nc(N)c2c(n1)N(Cc1cnc(N3CCN(C)CC3)c(F)c1)CC(=O)N2. The lowest BCUT2D eigenvalue weighted by molar-refractivity contribution is -0.116. The molecule has 20 nitrogen and oxygen atoms in total. The van der Waals surface area contributed by atoms with Gasteiger partial charge in [0.1, 0.15) is 17.2 Å². The number of hydrogen-bond donors (Lipinski definition) is 5. The molecule has 0 unspecified atom stereocenters. The number of piperazine rings is 2. The molecular weight excluding hydrogens is 800 g/mol. The number of unbranched alkanes of at least 4 members (excludes halogenated alkanes) is 2. The molecule has 4 aliphatic heterocycles. The Morgan fingerprint density at radius 3 is 1.76 bits per heavy atom. The first-order valence-electron chi connectivity index (χ1n) is 21.3. The van der Waals surface area contributed by atoms with Crippen molar-refractivity contribution in [2.45, 2.75) is 52.6 Å². The van der Waals surface area contributed by atoms with Gasteiger partial charge in [-0.2, -0.15) is 19.9 Å². The minimum atomic E-state index is -0.375. The first-order chi connectivity index (χ1) is 30.1. The predicted molar refractivity (Wildman–Crippen MR) is 236 cm³/mol. The maximum absolute atomic E-state index is 14.9. The number of anilines is 8. The van der Waals surface area contributed by atoms with Crippen LogP contribution < -0.4 is 56.5 Å². The van der Waals surface area contributed by atoms with Crippen LogP contribution in [0.3, 0.4) is 0 Å². The number of aromatic nitrogens is 6. The van der Waals surface area contributed by atoms with Crippen LogP contribution in [0.2, 0.25) is 0 Å². The number of carbonyl (C=O) groups excluding carboxylic acids is 2. The quantitative estimate of drug-likeness (QED) is 0.115. The molecule has 8 heterocycles. The Hall–Kier alpha value is -6.35. The Kier molecular flexibility index (Phi) is 14.4. The third-order valence-corrected chi connectivity index (χ3v) is 10.7. The van der Waals surface area contributed by atoms with Gasteiger partial charge < -0.3 is 61.4 Å². The molecule has 0 bridgehead atoms. The second-order valence-electron chi connectivity index (χ2n) is 15.6. The lowest BCUT2D eigenvalue weighted by Gasteiger charge is -2.33. The van der Waals surface area contributed by atoms with Gasteiger partial charge in [-0.05, 0) is 43.1 Å². The third kappa shape index (κ3) is 10.9. The summed E-state index contributed by atoms with van der Waals surface area (Å²) >= 11 is 0. The van der Waals surface area contributed by atoms with Crippen molar-refractivity contribution in [1.82, 2.24) is 40.1 Å². The summed E-state index contributed by atoms with van der Waals surface area (Å²) in [6.07, 6.45) is 7.26. The van der Waals surface area contributed by atoms with Crippen molar-refractivity contribution < 1.29 is 23.5 Å². The van der Waals surface area contributed by atoms with Crippen LogP contribution in [0.1, 0.15) is 50.7 Å². The standard InChI is InChI=1S/C21H29FN8O2.C20H28N8O2/c1-3-4-9-32-21-26-18(23)17-20(27-21)30(13-16(31)25-17)12-14-10-15(22)19(24-11-14)29-7-5-28(2)6-8-29;1-2-3-10-30-20-25-18(21)17-19(26-20)28(13-16(29)24-17)12-14-4-5-15(23-11-14)27-8-6-22-7-9-27/h10-11H,3-9,12-13H2,1-2H3,(H,25,31)(H2,23,26,27);4-5,11,22H,2-3,6-10,12-13H2,1H3,(H,24,29)(H2,21,25,26). The summed E-state index contributed by atoms with van der Waals surface area (Å²) in [6.45, 7) is 13.1. The molecule has 0 aromatic carbocycles. The summed E-state index contributed by atoms with van der Waals surface area (Å²) < 4.78 is 26.1. The monoisotopic (exact) mass is 856 g/mol. The Morgan fingerprint density at radius 1 is 0.694 bits per heavy atom. The number of hydrogen-bond acceptors (Lipinski definition) is 18. The highest BCUT2D eigenvalue weighted by Gasteiger charge is 2.30. The highest BCUT2D eigenvalue weighted by molar-refractivity contribution is 6.03. The lowest BCUT2D eigenvalue weighted by Crippen LogP contribution is -2.45. The predicted octanol–water partition coefficient (Wildman–Crippen LogP) is 2.48. The van der Waals surface area contributed by atoms with Gasteiger partial charge in [-0.1, -0.05) is 32.8 Å². The summed E-state index contributed by atoms with van der Waals surface area (Å²) in [7, 11) is 2.05. The van der Waals surface area contributed by atoms with Crippen LogP contribution in [0.15, 0.2) is 30.6 Å². The van der Waals surface area contributed by atoms with Crippen LogP contribution in [0.25, 0.3) is 0 Å². The maximum Gasteiger partial charge on any atom is 0.320 e. The summed E-state index contributed by atoms with van der Waals surface area (Å²) in [6, 6.07) is 5.92. The number of nitrogens with two attached hydrogens (primary N) is 2. The zero-order chi connectivity index (χ0) is 43.6. The zero-order valence-electron chi connectivity index (χ0n) is 35.7. The molecule has 4 aliphatic rings. The van der Waals surface area contributed by atoms with E-state index in [9.17, 15) is 14.0 Å². The average molecular weight is 857 g/mol. The van der Waals surface area contributed by atoms with E-state index in [1.165, 1.54) is 6.07 Å². The number of fused-ring (bicyclic) bond motifs is 2. The fourth-order valence-corrected chi connectivity index (χ4v) is 7.29. The molecule has 8 rings (SSSR count). The normalized spacial score (nSPS) is 16.5. The van der Waals surface area contributed by atoms with Gasteiger partial charge in [0.25, 0.3) is 0 Å². The minimum Gasteiger partial charge on any atom is -0.463 e. The van der Waals surface area contributed by atoms with Gasteiger partial charge >= 0.3 is 12.0 Å². The van der Waals surface area contributed by atoms with Gasteiger partial charge in [-0.15, -0.1) is 0 Å². The smallest absolute Gasteiger partial charge is 0.320 e. The van der Waals surface area contributed by atoms with Crippen molar-refractivity contribution in [3.8, 4) is 12.0 Å². The number of nitrogens with one attached hydrogen (secondary N) is 3. The van der Waals surface area contributed by atoms with Crippen LogP contribution in [-0.2, 0) is 22.7 Å². The van der Waals surface area contributed by atoms with Crippen LogP contribution >= 0.6 is 0 Å². The number of halogens is 1. The summed E-state index contributed by atoms with van der Waals surface area (Å²) in [5, 5.41) is 8.84. The van der Waals surface area contributed by atoms with Gasteiger partial charge in [0.05, 0.1) is 26.3 Å². The molecule has 0 saturated carbocycles. The second-order valence-corrected chi connectivity index (χ2v) is 15.6. The summed E-state index contributed by atoms with van der Waals surface area (Å²) in [5.41, 5.74) is 14.5. The molecule has 62 heavy (non-hydrogen) atoms. The van der Waals surface area contributed by atoms with Gasteiger partial charge in [-0.3, -0.25) is 9.59 Å². The van der Waals surface area contributed by atoms with Crippen molar-refractivity contribution in [2.75, 3.05) is 127 Å². The average Bonchev–Trinajstić information content (AvgIpc) is 3.26. The van der Waals surface area contributed by atoms with E-state index < -0.39 is 0 Å². The van der Waals surface area contributed by atoms with E-state index in [4.69, 9.17) is 20.9 Å². The third-order valence-electron chi connectivity index (χ3n) is 10.7. The van der Waals surface area contributed by atoms with E-state index >= 15 is 0 Å². The Balaban J connectivity index is 0.000000187. The number of ether oxygens (including phenoxy) is 2. The Labute approximate surface area is 360 Å². The fourth-order valence-electron chi connectivity index (χ4n) is 7.29. The molecule has 4 aromatic rings. The molecule has 2 amide bonds. The summed E-state index contributed by atoms with van der Waals surface area (Å²) in [4.78, 5) is 60.7. The van der Waals surface area contributed by atoms with Gasteiger partial charge in [0.2, 0.25) is 11.8 Å². The molecule has 7 N–H and O–H groups in total. The van der Waals surface area contributed by atoms with E-state index in [-0.39, 0.29) is 60.9 Å². The number of nitrogen functional groups attached to an aromatic ring is 2. The maximum atomic E-state index is 14.9. The molecule has 2 saturated heterocycles. The van der Waals surface area contributed by atoms with Crippen molar-refractivity contribution in [3.63, 3.8) is 0 Å². The Morgan fingerprint density at radius 2 is 1.24 bits per heavy atom. The van der Waals surface area contributed by atoms with E-state index in [0.717, 1.165) is 89.4 Å². The molecule has 0 radical (unpaired) electrons. The molecule has 0 spiro atoms. The topological polar surface area (TPSA) is 234 Å². The molecular formula is C41H57FN16O4. The highest BCUT2D eigenvalue weighted by atomic mass is 19.1. The van der Waals surface area contributed by atoms with Gasteiger partial charge in [0.15, 0.2) is 34.9 Å². The number of pyridine rings is 2. The fraction of sp³-hybridized carbons (Fsp3) is 0.512.